The van der Waals surface area contributed by atoms with E-state index in [4.69, 9.17) is 20.8 Å². The van der Waals surface area contributed by atoms with Gasteiger partial charge in [-0.05, 0) is 37.1 Å². The molecule has 27 heavy (non-hydrogen) atoms. The number of aliphatic imine (C=N–C) groups is 1. The highest BCUT2D eigenvalue weighted by Gasteiger charge is 2.16. The van der Waals surface area contributed by atoms with Gasteiger partial charge in [-0.25, -0.2) is 0 Å². The Hall–Kier alpha value is -0.810. The molecule has 0 spiro atoms. The Balaban J connectivity index is 0.00000261. The lowest BCUT2D eigenvalue weighted by Gasteiger charge is -2.16. The average Bonchev–Trinajstić information content (AvgIpc) is 3.39. The standard InChI is InChI=1S/C18H24ClN3O3S.HI/c19-17-6-5-16(26-17)15(23)12-22-18(21-11-14-4-2-10-25-14)20-8-7-13-3-1-9-24-13;/h1,3,5-6,9,14-15,23H,2,4,7-8,10-12H2,(H2,20,21,22);1H. The molecule has 0 aliphatic carbocycles. The van der Waals surface area contributed by atoms with E-state index in [1.54, 1.807) is 12.3 Å². The molecule has 1 aliphatic heterocycles. The Kier molecular flexibility index (Phi) is 9.91. The van der Waals surface area contributed by atoms with Crippen molar-refractivity contribution in [2.24, 2.45) is 4.99 Å². The maximum atomic E-state index is 10.3. The van der Waals surface area contributed by atoms with Crippen molar-refractivity contribution in [1.82, 2.24) is 10.6 Å². The second kappa shape index (κ2) is 11.9. The Morgan fingerprint density at radius 1 is 1.37 bits per heavy atom. The van der Waals surface area contributed by atoms with Gasteiger partial charge < -0.3 is 24.9 Å². The van der Waals surface area contributed by atoms with Crippen molar-refractivity contribution in [3.05, 3.63) is 45.5 Å². The zero-order valence-electron chi connectivity index (χ0n) is 14.9. The van der Waals surface area contributed by atoms with Crippen molar-refractivity contribution in [2.45, 2.75) is 31.5 Å². The van der Waals surface area contributed by atoms with Crippen molar-refractivity contribution in [1.29, 1.82) is 0 Å². The van der Waals surface area contributed by atoms with Crippen LogP contribution in [-0.4, -0.2) is 43.4 Å². The van der Waals surface area contributed by atoms with Crippen LogP contribution in [0.2, 0.25) is 4.34 Å². The molecule has 3 N–H and O–H groups in total. The molecule has 1 fully saturated rings. The van der Waals surface area contributed by atoms with Gasteiger partial charge in [-0.1, -0.05) is 11.6 Å². The molecule has 3 rings (SSSR count). The maximum Gasteiger partial charge on any atom is 0.191 e. The summed E-state index contributed by atoms with van der Waals surface area (Å²) in [5.74, 6) is 1.58. The van der Waals surface area contributed by atoms with E-state index in [0.717, 1.165) is 36.5 Å². The van der Waals surface area contributed by atoms with Gasteiger partial charge in [0.05, 0.1) is 23.2 Å². The Morgan fingerprint density at radius 2 is 2.26 bits per heavy atom. The number of aliphatic hydroxyl groups is 1. The number of guanidine groups is 1. The molecule has 9 heteroatoms. The number of nitrogens with one attached hydrogen (secondary N) is 2. The molecule has 3 heterocycles. The van der Waals surface area contributed by atoms with Crippen molar-refractivity contribution >= 4 is 52.9 Å². The Labute approximate surface area is 185 Å². The predicted octanol–water partition coefficient (Wildman–Crippen LogP) is 3.60. The fourth-order valence-corrected chi connectivity index (χ4v) is 3.76. The van der Waals surface area contributed by atoms with Gasteiger partial charge >= 0.3 is 0 Å². The number of hydrogen-bond acceptors (Lipinski definition) is 5. The largest absolute Gasteiger partial charge is 0.469 e. The van der Waals surface area contributed by atoms with Gasteiger partial charge in [0.25, 0.3) is 0 Å². The molecule has 2 atom stereocenters. The molecule has 0 radical (unpaired) electrons. The molecule has 2 unspecified atom stereocenters. The number of thiophene rings is 1. The number of furan rings is 1. The molecular weight excluding hydrogens is 501 g/mol. The lowest BCUT2D eigenvalue weighted by atomic mass is 10.2. The third kappa shape index (κ3) is 7.61. The van der Waals surface area contributed by atoms with Crippen LogP contribution < -0.4 is 10.6 Å². The first-order valence-corrected chi connectivity index (χ1v) is 9.99. The first-order chi connectivity index (χ1) is 12.7. The first kappa shape index (κ1) is 22.5. The normalized spacial score (nSPS) is 18.1. The number of halogens is 2. The van der Waals surface area contributed by atoms with E-state index in [1.807, 2.05) is 18.2 Å². The van der Waals surface area contributed by atoms with E-state index in [9.17, 15) is 5.11 Å². The smallest absolute Gasteiger partial charge is 0.191 e. The van der Waals surface area contributed by atoms with Crippen LogP contribution in [0.5, 0.6) is 0 Å². The number of ether oxygens (including phenoxy) is 1. The number of nitrogens with zero attached hydrogens (tertiary/aromatic N) is 1. The van der Waals surface area contributed by atoms with Gasteiger partial charge in [0, 0.05) is 31.0 Å². The quantitative estimate of drug-likeness (QED) is 0.279. The molecule has 0 aromatic carbocycles. The van der Waals surface area contributed by atoms with Crippen LogP contribution in [-0.2, 0) is 11.2 Å². The van der Waals surface area contributed by atoms with E-state index < -0.39 is 6.10 Å². The van der Waals surface area contributed by atoms with Crippen LogP contribution in [0, 0.1) is 0 Å². The van der Waals surface area contributed by atoms with Gasteiger partial charge in [0.15, 0.2) is 5.96 Å². The minimum absolute atomic E-state index is 0. The highest BCUT2D eigenvalue weighted by molar-refractivity contribution is 14.0. The van der Waals surface area contributed by atoms with Crippen molar-refractivity contribution in [2.75, 3.05) is 26.2 Å². The van der Waals surface area contributed by atoms with Crippen LogP contribution in [0.25, 0.3) is 0 Å². The molecule has 1 saturated heterocycles. The zero-order chi connectivity index (χ0) is 18.2. The average molecular weight is 526 g/mol. The van der Waals surface area contributed by atoms with E-state index in [-0.39, 0.29) is 36.6 Å². The van der Waals surface area contributed by atoms with Crippen LogP contribution in [0.4, 0.5) is 0 Å². The summed E-state index contributed by atoms with van der Waals surface area (Å²) in [6, 6.07) is 7.44. The summed E-state index contributed by atoms with van der Waals surface area (Å²) in [4.78, 5) is 5.32. The van der Waals surface area contributed by atoms with Crippen molar-refractivity contribution < 1.29 is 14.3 Å². The van der Waals surface area contributed by atoms with E-state index in [0.29, 0.717) is 23.4 Å². The Bertz CT molecular complexity index is 690. The fraction of sp³-hybridized carbons (Fsp3) is 0.500. The summed E-state index contributed by atoms with van der Waals surface area (Å²) in [6.45, 7) is 2.47. The molecule has 150 valence electrons. The Morgan fingerprint density at radius 3 is 2.93 bits per heavy atom. The molecule has 0 saturated carbocycles. The van der Waals surface area contributed by atoms with Gasteiger partial charge in [-0.2, -0.15) is 0 Å². The van der Waals surface area contributed by atoms with Crippen molar-refractivity contribution in [3.8, 4) is 0 Å². The highest BCUT2D eigenvalue weighted by Crippen LogP contribution is 2.26. The zero-order valence-corrected chi connectivity index (χ0v) is 18.8. The molecule has 2 aromatic heterocycles. The maximum absolute atomic E-state index is 10.3. The van der Waals surface area contributed by atoms with E-state index in [1.165, 1.54) is 11.3 Å². The summed E-state index contributed by atoms with van der Waals surface area (Å²) >= 11 is 7.30. The van der Waals surface area contributed by atoms with Crippen LogP contribution in [0.15, 0.2) is 39.9 Å². The van der Waals surface area contributed by atoms with E-state index in [2.05, 4.69) is 15.6 Å². The summed E-state index contributed by atoms with van der Waals surface area (Å²) in [6.07, 6.45) is 4.14. The summed E-state index contributed by atoms with van der Waals surface area (Å²) < 4.78 is 11.6. The minimum Gasteiger partial charge on any atom is -0.469 e. The first-order valence-electron chi connectivity index (χ1n) is 8.80. The number of hydrogen-bond donors (Lipinski definition) is 3. The molecule has 1 aliphatic rings. The van der Waals surface area contributed by atoms with Crippen molar-refractivity contribution in [3.63, 3.8) is 0 Å². The fourth-order valence-electron chi connectivity index (χ4n) is 2.72. The third-order valence-corrected chi connectivity index (χ3v) is 5.44. The van der Waals surface area contributed by atoms with Gasteiger partial charge in [0.1, 0.15) is 11.9 Å². The van der Waals surface area contributed by atoms with Crippen LogP contribution >= 0.6 is 46.9 Å². The number of rotatable bonds is 8. The van der Waals surface area contributed by atoms with Gasteiger partial charge in [-0.15, -0.1) is 35.3 Å². The second-order valence-electron chi connectivity index (χ2n) is 6.12. The lowest BCUT2D eigenvalue weighted by molar-refractivity contribution is 0.113. The lowest BCUT2D eigenvalue weighted by Crippen LogP contribution is -2.42. The highest BCUT2D eigenvalue weighted by atomic mass is 127. The van der Waals surface area contributed by atoms with Gasteiger partial charge in [-0.3, -0.25) is 4.99 Å². The SMILES string of the molecule is I.OC(CN=C(NCCc1ccco1)NCC1CCCO1)c1ccc(Cl)s1. The molecule has 0 amide bonds. The summed E-state index contributed by atoms with van der Waals surface area (Å²) in [5.41, 5.74) is 0. The summed E-state index contributed by atoms with van der Waals surface area (Å²) in [7, 11) is 0. The third-order valence-electron chi connectivity index (χ3n) is 4.11. The van der Waals surface area contributed by atoms with Crippen LogP contribution in [0.1, 0.15) is 29.6 Å². The number of aliphatic hydroxyl groups excluding tert-OH is 1. The second-order valence-corrected chi connectivity index (χ2v) is 7.87. The van der Waals surface area contributed by atoms with Crippen LogP contribution in [0.3, 0.4) is 0 Å². The monoisotopic (exact) mass is 525 g/mol. The van der Waals surface area contributed by atoms with E-state index >= 15 is 0 Å². The molecule has 2 aromatic rings. The molecular formula is C18H25ClIN3O3S. The summed E-state index contributed by atoms with van der Waals surface area (Å²) in [5, 5.41) is 16.9. The minimum atomic E-state index is -0.668. The molecule has 0 bridgehead atoms. The van der Waals surface area contributed by atoms with Gasteiger partial charge in [0.2, 0.25) is 0 Å². The predicted molar refractivity (Wildman–Crippen MR) is 119 cm³/mol. The topological polar surface area (TPSA) is 79.0 Å². The molecule has 6 nitrogen and oxygen atoms in total.